The first-order chi connectivity index (χ1) is 9.78. The van der Waals surface area contributed by atoms with Crippen LogP contribution in [-0.4, -0.2) is 36.4 Å². The second-order valence-electron chi connectivity index (χ2n) is 4.49. The SMILES string of the molecule is N#Cc1cc(F)c(S(=O)(=O)N2CCC[C@@H]2C(=O)O)cc1Br. The highest BCUT2D eigenvalue weighted by atomic mass is 79.9. The standard InChI is InChI=1S/C12H10BrFN2O4S/c13-8-5-11(9(14)4-7(8)6-15)21(19,20)16-3-1-2-10(16)12(17)18/h4-5,10H,1-3H2,(H,17,18)/t10-/m1/s1. The molecule has 1 atom stereocenters. The van der Waals surface area contributed by atoms with Crippen LogP contribution in [0, 0.1) is 17.1 Å². The van der Waals surface area contributed by atoms with Crippen LogP contribution in [0.4, 0.5) is 4.39 Å². The van der Waals surface area contributed by atoms with Crippen molar-refractivity contribution < 1.29 is 22.7 Å². The topological polar surface area (TPSA) is 98.5 Å². The lowest BCUT2D eigenvalue weighted by Crippen LogP contribution is -2.40. The first kappa shape index (κ1) is 15.9. The quantitative estimate of drug-likeness (QED) is 0.865. The molecule has 1 aromatic rings. The van der Waals surface area contributed by atoms with Gasteiger partial charge in [-0.15, -0.1) is 0 Å². The highest BCUT2D eigenvalue weighted by Gasteiger charge is 2.40. The first-order valence-electron chi connectivity index (χ1n) is 5.93. The van der Waals surface area contributed by atoms with Gasteiger partial charge in [0, 0.05) is 11.0 Å². The largest absolute Gasteiger partial charge is 0.480 e. The van der Waals surface area contributed by atoms with Crippen molar-refractivity contribution in [3.63, 3.8) is 0 Å². The molecule has 1 N–H and O–H groups in total. The van der Waals surface area contributed by atoms with Gasteiger partial charge in [0.1, 0.15) is 22.8 Å². The summed E-state index contributed by atoms with van der Waals surface area (Å²) in [5, 5.41) is 17.8. The maximum Gasteiger partial charge on any atom is 0.322 e. The van der Waals surface area contributed by atoms with Crippen LogP contribution < -0.4 is 0 Å². The molecule has 1 aliphatic rings. The number of sulfonamides is 1. The van der Waals surface area contributed by atoms with Crippen molar-refractivity contribution in [2.45, 2.75) is 23.8 Å². The van der Waals surface area contributed by atoms with E-state index in [1.54, 1.807) is 6.07 Å². The second-order valence-corrected chi connectivity index (χ2v) is 7.20. The number of benzene rings is 1. The van der Waals surface area contributed by atoms with Crippen molar-refractivity contribution in [3.05, 3.63) is 28.0 Å². The summed E-state index contributed by atoms with van der Waals surface area (Å²) in [5.41, 5.74) is -0.0392. The normalized spacial score (nSPS) is 19.4. The Balaban J connectivity index is 2.53. The Morgan fingerprint density at radius 1 is 1.52 bits per heavy atom. The minimum atomic E-state index is -4.27. The van der Waals surface area contributed by atoms with Gasteiger partial charge in [0.15, 0.2) is 0 Å². The van der Waals surface area contributed by atoms with Gasteiger partial charge < -0.3 is 5.11 Å². The summed E-state index contributed by atoms with van der Waals surface area (Å²) in [6, 6.07) is 2.33. The Kier molecular flexibility index (Phi) is 4.32. The maximum absolute atomic E-state index is 14.0. The van der Waals surface area contributed by atoms with Crippen molar-refractivity contribution in [1.82, 2.24) is 4.31 Å². The van der Waals surface area contributed by atoms with Crippen LogP contribution in [0.15, 0.2) is 21.5 Å². The first-order valence-corrected chi connectivity index (χ1v) is 8.16. The number of halogens is 2. The molecular weight excluding hydrogens is 367 g/mol. The fourth-order valence-electron chi connectivity index (χ4n) is 2.21. The molecule has 0 unspecified atom stereocenters. The summed E-state index contributed by atoms with van der Waals surface area (Å²) < 4.78 is 39.8. The van der Waals surface area contributed by atoms with E-state index < -0.39 is 32.7 Å². The van der Waals surface area contributed by atoms with Crippen LogP contribution in [-0.2, 0) is 14.8 Å². The van der Waals surface area contributed by atoms with Crippen molar-refractivity contribution in [3.8, 4) is 6.07 Å². The number of hydrogen-bond donors (Lipinski definition) is 1. The molecule has 112 valence electrons. The predicted octanol–water partition coefficient (Wildman–Crippen LogP) is 1.70. The molecule has 0 aliphatic carbocycles. The average Bonchev–Trinajstić information content (AvgIpc) is 2.91. The highest BCUT2D eigenvalue weighted by molar-refractivity contribution is 9.10. The van der Waals surface area contributed by atoms with E-state index in [1.807, 2.05) is 0 Å². The van der Waals surface area contributed by atoms with E-state index in [0.29, 0.717) is 6.42 Å². The average molecular weight is 377 g/mol. The zero-order valence-electron chi connectivity index (χ0n) is 10.6. The molecule has 1 heterocycles. The molecule has 1 aromatic carbocycles. The van der Waals surface area contributed by atoms with E-state index in [-0.39, 0.29) is 23.0 Å². The Bertz CT molecular complexity index is 744. The summed E-state index contributed by atoms with van der Waals surface area (Å²) in [6.45, 7) is 0.0242. The minimum Gasteiger partial charge on any atom is -0.480 e. The van der Waals surface area contributed by atoms with Crippen molar-refractivity contribution in [2.24, 2.45) is 0 Å². The third-order valence-corrected chi connectivity index (χ3v) is 5.80. The smallest absolute Gasteiger partial charge is 0.322 e. The van der Waals surface area contributed by atoms with E-state index in [9.17, 15) is 17.6 Å². The molecule has 0 spiro atoms. The van der Waals surface area contributed by atoms with E-state index in [2.05, 4.69) is 15.9 Å². The summed E-state index contributed by atoms with van der Waals surface area (Å²) >= 11 is 3.00. The Hall–Kier alpha value is -1.50. The number of nitriles is 1. The van der Waals surface area contributed by atoms with Gasteiger partial charge in [-0.25, -0.2) is 12.8 Å². The third kappa shape index (κ3) is 2.79. The van der Waals surface area contributed by atoms with E-state index >= 15 is 0 Å². The number of rotatable bonds is 3. The van der Waals surface area contributed by atoms with Gasteiger partial charge in [0.05, 0.1) is 5.56 Å². The van der Waals surface area contributed by atoms with Gasteiger partial charge in [-0.1, -0.05) is 0 Å². The Morgan fingerprint density at radius 2 is 2.19 bits per heavy atom. The third-order valence-electron chi connectivity index (χ3n) is 3.22. The summed E-state index contributed by atoms with van der Waals surface area (Å²) in [5.74, 6) is -2.34. The molecule has 6 nitrogen and oxygen atoms in total. The van der Waals surface area contributed by atoms with Crippen molar-refractivity contribution >= 4 is 31.9 Å². The van der Waals surface area contributed by atoms with E-state index in [0.717, 1.165) is 16.4 Å². The lowest BCUT2D eigenvalue weighted by atomic mass is 10.2. The van der Waals surface area contributed by atoms with Gasteiger partial charge in [-0.05, 0) is 40.9 Å². The van der Waals surface area contributed by atoms with Gasteiger partial charge in [-0.3, -0.25) is 4.79 Å². The molecule has 21 heavy (non-hydrogen) atoms. The molecule has 1 fully saturated rings. The molecule has 1 saturated heterocycles. The Labute approximate surface area is 129 Å². The molecule has 0 amide bonds. The number of carboxylic acid groups (broad SMARTS) is 1. The second kappa shape index (κ2) is 5.71. The highest BCUT2D eigenvalue weighted by Crippen LogP contribution is 2.30. The monoisotopic (exact) mass is 376 g/mol. The van der Waals surface area contributed by atoms with Crippen LogP contribution in [0.2, 0.25) is 0 Å². The van der Waals surface area contributed by atoms with Crippen molar-refractivity contribution in [1.29, 1.82) is 5.26 Å². The molecule has 1 aliphatic heterocycles. The lowest BCUT2D eigenvalue weighted by Gasteiger charge is -2.21. The van der Waals surface area contributed by atoms with Gasteiger partial charge in [0.2, 0.25) is 10.0 Å². The summed E-state index contributed by atoms with van der Waals surface area (Å²) in [4.78, 5) is 10.5. The molecule has 0 radical (unpaired) electrons. The van der Waals surface area contributed by atoms with Crippen LogP contribution >= 0.6 is 15.9 Å². The zero-order valence-corrected chi connectivity index (χ0v) is 13.0. The fraction of sp³-hybridized carbons (Fsp3) is 0.333. The van der Waals surface area contributed by atoms with E-state index in [4.69, 9.17) is 10.4 Å². The lowest BCUT2D eigenvalue weighted by molar-refractivity contribution is -0.140. The van der Waals surface area contributed by atoms with Crippen LogP contribution in [0.5, 0.6) is 0 Å². The zero-order chi connectivity index (χ0) is 15.8. The number of carboxylic acids is 1. The maximum atomic E-state index is 14.0. The van der Waals surface area contributed by atoms with Gasteiger partial charge >= 0.3 is 5.97 Å². The molecule has 0 bridgehead atoms. The predicted molar refractivity (Wildman–Crippen MR) is 73.4 cm³/mol. The number of carbonyl (C=O) groups is 1. The van der Waals surface area contributed by atoms with E-state index in [1.165, 1.54) is 0 Å². The van der Waals surface area contributed by atoms with Crippen LogP contribution in [0.1, 0.15) is 18.4 Å². The fourth-order valence-corrected chi connectivity index (χ4v) is 4.52. The molecular formula is C12H10BrFN2O4S. The summed E-state index contributed by atoms with van der Waals surface area (Å²) in [7, 11) is -4.27. The van der Waals surface area contributed by atoms with Gasteiger partial charge in [0.25, 0.3) is 0 Å². The number of aliphatic carboxylic acids is 1. The van der Waals surface area contributed by atoms with Crippen LogP contribution in [0.3, 0.4) is 0 Å². The van der Waals surface area contributed by atoms with Gasteiger partial charge in [-0.2, -0.15) is 9.57 Å². The summed E-state index contributed by atoms with van der Waals surface area (Å²) in [6.07, 6.45) is 0.586. The van der Waals surface area contributed by atoms with Crippen molar-refractivity contribution in [2.75, 3.05) is 6.54 Å². The Morgan fingerprint density at radius 3 is 2.76 bits per heavy atom. The molecule has 9 heteroatoms. The number of hydrogen-bond acceptors (Lipinski definition) is 4. The van der Waals surface area contributed by atoms with Crippen LogP contribution in [0.25, 0.3) is 0 Å². The molecule has 0 aromatic heterocycles. The molecule has 2 rings (SSSR count). The minimum absolute atomic E-state index is 0.0242. The molecule has 0 saturated carbocycles. The number of nitrogens with zero attached hydrogens (tertiary/aromatic N) is 2.